The normalized spacial score (nSPS) is 13.6. The molecule has 85 heavy (non-hydrogen) atoms. The standard InChI is InChI=1S/C55H60O16.C6H12O2.C3H8O.C2H6/c1-6-36(4)35-67-55(62)46-34-45(69-52(59)41-19-23-43(24-20-41)64-30-10-12-32-66-50(57)8-3)26-28-48(46)71-54(61)39-15-13-38(14-16-39)53(60)70-47-27-25-44(33-37(47)5)68-51(58)40-17-21-42(22-18-40)63-29-9-11-31-65-49(56)7-2;1-3-6(2)4-8-5-7;1-3-4-2;1-2/h7-8,17-28,33-34,36,38-39H,2-3,6,9-16,29-32,35H2,1,4-5H3;5-6H,3-4H2,1-2H3;3H2,1-2H3;1-2H3. The van der Waals surface area contributed by atoms with Gasteiger partial charge in [0.25, 0.3) is 6.47 Å². The number of aryl methyl sites for hydroxylation is 1. The van der Waals surface area contributed by atoms with E-state index in [1.807, 2.05) is 41.5 Å². The fourth-order valence-electron chi connectivity index (χ4n) is 7.26. The van der Waals surface area contributed by atoms with Crippen molar-refractivity contribution in [3.63, 3.8) is 0 Å². The summed E-state index contributed by atoms with van der Waals surface area (Å²) in [5.41, 5.74) is 0.997. The third-order valence-corrected chi connectivity index (χ3v) is 12.8. The summed E-state index contributed by atoms with van der Waals surface area (Å²) in [6.45, 7) is 25.7. The van der Waals surface area contributed by atoms with E-state index in [9.17, 15) is 38.4 Å². The lowest BCUT2D eigenvalue weighted by molar-refractivity contribution is -0.145. The van der Waals surface area contributed by atoms with E-state index in [1.165, 1.54) is 36.4 Å². The number of methoxy groups -OCH3 is 1. The maximum absolute atomic E-state index is 13.5. The molecule has 0 heterocycles. The van der Waals surface area contributed by atoms with Crippen molar-refractivity contribution in [2.24, 2.45) is 23.7 Å². The van der Waals surface area contributed by atoms with Gasteiger partial charge in [-0.3, -0.25) is 14.4 Å². The van der Waals surface area contributed by atoms with Gasteiger partial charge in [-0.05, 0) is 168 Å². The summed E-state index contributed by atoms with van der Waals surface area (Å²) in [7, 11) is 1.68. The van der Waals surface area contributed by atoms with Gasteiger partial charge in [-0.15, -0.1) is 0 Å². The van der Waals surface area contributed by atoms with Crippen molar-refractivity contribution in [3.05, 3.63) is 132 Å². The Morgan fingerprint density at radius 3 is 1.34 bits per heavy atom. The fraction of sp³-hybridized carbons (Fsp3) is 0.455. The minimum Gasteiger partial charge on any atom is -0.494 e. The number of hydrogen-bond donors (Lipinski definition) is 0. The van der Waals surface area contributed by atoms with E-state index in [1.54, 1.807) is 62.6 Å². The average Bonchev–Trinajstić information content (AvgIpc) is 3.70. The first kappa shape index (κ1) is 72.8. The molecule has 0 radical (unpaired) electrons. The van der Waals surface area contributed by atoms with Crippen LogP contribution in [0.25, 0.3) is 0 Å². The van der Waals surface area contributed by atoms with Gasteiger partial charge in [-0.2, -0.15) is 0 Å². The van der Waals surface area contributed by atoms with Crippen LogP contribution in [-0.2, 0) is 47.7 Å². The van der Waals surface area contributed by atoms with Crippen molar-refractivity contribution >= 4 is 48.3 Å². The van der Waals surface area contributed by atoms with Gasteiger partial charge in [-0.25, -0.2) is 24.0 Å². The predicted octanol–water partition coefficient (Wildman–Crippen LogP) is 12.6. The number of unbranched alkanes of at least 4 members (excludes halogenated alkanes) is 2. The second-order valence-corrected chi connectivity index (χ2v) is 19.3. The first-order chi connectivity index (χ1) is 41.0. The summed E-state index contributed by atoms with van der Waals surface area (Å²) in [4.78, 5) is 98.1. The van der Waals surface area contributed by atoms with Crippen molar-refractivity contribution in [2.45, 2.75) is 120 Å². The summed E-state index contributed by atoms with van der Waals surface area (Å²) < 4.78 is 58.6. The molecule has 0 aromatic heterocycles. The van der Waals surface area contributed by atoms with Crippen LogP contribution in [0.1, 0.15) is 149 Å². The molecule has 0 amide bonds. The molecule has 0 aliphatic heterocycles. The zero-order valence-electron chi connectivity index (χ0n) is 50.8. The van der Waals surface area contributed by atoms with Crippen LogP contribution in [0.2, 0.25) is 0 Å². The Morgan fingerprint density at radius 2 is 0.929 bits per heavy atom. The Kier molecular flexibility index (Phi) is 36.4. The van der Waals surface area contributed by atoms with Gasteiger partial charge >= 0.3 is 41.8 Å². The van der Waals surface area contributed by atoms with Crippen molar-refractivity contribution in [2.75, 3.05) is 53.4 Å². The molecule has 0 N–H and O–H groups in total. The Bertz CT molecular complexity index is 2690. The highest BCUT2D eigenvalue weighted by Crippen LogP contribution is 2.34. The van der Waals surface area contributed by atoms with E-state index < -0.39 is 53.6 Å². The molecule has 4 aromatic rings. The minimum absolute atomic E-state index is 0.0251. The third kappa shape index (κ3) is 28.7. The Morgan fingerprint density at radius 1 is 0.529 bits per heavy atom. The lowest BCUT2D eigenvalue weighted by atomic mass is 9.82. The minimum atomic E-state index is -0.758. The number of esters is 7. The number of carbonyl (C=O) groups excluding carboxylic acids is 8. The molecular weight excluding hydrogens is 1100 g/mol. The number of carbonyl (C=O) groups is 8. The van der Waals surface area contributed by atoms with Gasteiger partial charge in [0, 0.05) is 25.9 Å². The van der Waals surface area contributed by atoms with Gasteiger partial charge in [-0.1, -0.05) is 67.5 Å². The highest BCUT2D eigenvalue weighted by molar-refractivity contribution is 5.95. The molecule has 2 atom stereocenters. The van der Waals surface area contributed by atoms with Crippen LogP contribution in [0, 0.1) is 30.6 Å². The van der Waals surface area contributed by atoms with E-state index >= 15 is 0 Å². The molecule has 19 heteroatoms. The SMILES string of the molecule is C=CC(=O)OCCCCOc1ccc(C(=O)Oc2ccc(OC(=O)C3CCC(C(=O)Oc4ccc(OC(=O)c5ccc(OCCCCOC(=O)C=C)cc5)cc4C(=O)OCC(C)CC)CC3)c(C)c2)cc1.CC.CCC(C)COC=O.CCOC. The molecule has 19 nitrogen and oxygen atoms in total. The molecule has 0 saturated heterocycles. The van der Waals surface area contributed by atoms with Crippen molar-refractivity contribution in [1.82, 2.24) is 0 Å². The molecule has 4 aromatic carbocycles. The molecule has 1 aliphatic carbocycles. The monoisotopic (exact) mass is 1180 g/mol. The van der Waals surface area contributed by atoms with Gasteiger partial charge in [0.15, 0.2) is 0 Å². The molecule has 1 fully saturated rings. The number of hydrogen-bond acceptors (Lipinski definition) is 19. The quantitative estimate of drug-likeness (QED) is 0.0114. The maximum Gasteiger partial charge on any atom is 0.343 e. The van der Waals surface area contributed by atoms with Gasteiger partial charge < -0.3 is 52.1 Å². The average molecular weight is 1180 g/mol. The van der Waals surface area contributed by atoms with Gasteiger partial charge in [0.1, 0.15) is 40.1 Å². The summed E-state index contributed by atoms with van der Waals surface area (Å²) in [5.74, 6) is -2.90. The van der Waals surface area contributed by atoms with Crippen LogP contribution in [0.15, 0.2) is 110 Å². The largest absolute Gasteiger partial charge is 0.494 e. The first-order valence-corrected chi connectivity index (χ1v) is 28.9. The van der Waals surface area contributed by atoms with Gasteiger partial charge in [0.05, 0.1) is 62.6 Å². The second-order valence-electron chi connectivity index (χ2n) is 19.3. The van der Waals surface area contributed by atoms with E-state index in [0.717, 1.165) is 31.6 Å². The molecule has 464 valence electrons. The molecule has 2 unspecified atom stereocenters. The van der Waals surface area contributed by atoms with E-state index in [-0.39, 0.29) is 54.1 Å². The molecule has 1 aliphatic rings. The van der Waals surface area contributed by atoms with Crippen molar-refractivity contribution < 1.29 is 90.5 Å². The van der Waals surface area contributed by atoms with Crippen LogP contribution in [0.5, 0.6) is 34.5 Å². The topological polar surface area (TPSA) is 238 Å². The number of rotatable bonds is 31. The van der Waals surface area contributed by atoms with Crippen LogP contribution in [0.4, 0.5) is 0 Å². The van der Waals surface area contributed by atoms with Gasteiger partial charge in [0.2, 0.25) is 0 Å². The summed E-state index contributed by atoms with van der Waals surface area (Å²) in [6, 6.07) is 21.6. The second kappa shape index (κ2) is 42.5. The van der Waals surface area contributed by atoms with E-state index in [0.29, 0.717) is 112 Å². The molecule has 5 rings (SSSR count). The van der Waals surface area contributed by atoms with E-state index in [4.69, 9.17) is 42.6 Å². The van der Waals surface area contributed by atoms with Crippen molar-refractivity contribution in [1.29, 1.82) is 0 Å². The van der Waals surface area contributed by atoms with Crippen molar-refractivity contribution in [3.8, 4) is 34.5 Å². The third-order valence-electron chi connectivity index (χ3n) is 12.8. The zero-order chi connectivity index (χ0) is 62.9. The molecule has 1 saturated carbocycles. The smallest absolute Gasteiger partial charge is 0.343 e. The van der Waals surface area contributed by atoms with Crippen LogP contribution >= 0.6 is 0 Å². The Balaban J connectivity index is 0.00000158. The Hall–Kier alpha value is -8.32. The summed E-state index contributed by atoms with van der Waals surface area (Å²) >= 11 is 0. The molecule has 0 bridgehead atoms. The zero-order valence-corrected chi connectivity index (χ0v) is 50.8. The fourth-order valence-corrected chi connectivity index (χ4v) is 7.26. The summed E-state index contributed by atoms with van der Waals surface area (Å²) in [5, 5.41) is 0. The molecular formula is C66H86O19. The predicted molar refractivity (Wildman–Crippen MR) is 319 cm³/mol. The van der Waals surface area contributed by atoms with Crippen LogP contribution in [0.3, 0.4) is 0 Å². The maximum atomic E-state index is 13.5. The van der Waals surface area contributed by atoms with E-state index in [2.05, 4.69) is 29.6 Å². The molecule has 0 spiro atoms. The Labute approximate surface area is 500 Å². The lowest BCUT2D eigenvalue weighted by Gasteiger charge is -2.26. The van der Waals surface area contributed by atoms with Crippen LogP contribution < -0.4 is 28.4 Å². The summed E-state index contributed by atoms with van der Waals surface area (Å²) in [6.07, 6.45) is 7.95. The number of ether oxygens (including phenoxy) is 11. The highest BCUT2D eigenvalue weighted by Gasteiger charge is 2.33. The lowest BCUT2D eigenvalue weighted by Crippen LogP contribution is -2.30. The highest BCUT2D eigenvalue weighted by atomic mass is 16.6. The number of benzene rings is 4. The van der Waals surface area contributed by atoms with Crippen LogP contribution in [-0.4, -0.2) is 102 Å². The first-order valence-electron chi connectivity index (χ1n) is 28.9.